The van der Waals surface area contributed by atoms with Crippen molar-refractivity contribution in [2.45, 2.75) is 57.1 Å². The number of carbonyl (C=O) groups is 2. The molecule has 2 atom stereocenters. The van der Waals surface area contributed by atoms with E-state index in [1.165, 1.54) is 24.1 Å². The highest BCUT2D eigenvalue weighted by atomic mass is 32.2. The first-order chi connectivity index (χ1) is 19.6. The Morgan fingerprint density at radius 2 is 1.51 bits per heavy atom. The summed E-state index contributed by atoms with van der Waals surface area (Å²) in [4.78, 5) is 28.9. The fourth-order valence-corrected chi connectivity index (χ4v) is 5.74. The molecule has 0 aliphatic rings. The summed E-state index contributed by atoms with van der Waals surface area (Å²) in [6.45, 7) is 5.28. The number of carbonyl (C=O) groups excluding carboxylic acids is 2. The summed E-state index contributed by atoms with van der Waals surface area (Å²) in [6.07, 6.45) is 1.07. The molecule has 10 heteroatoms. The lowest BCUT2D eigenvalue weighted by atomic mass is 10.1. The van der Waals surface area contributed by atoms with E-state index in [2.05, 4.69) is 5.32 Å². The van der Waals surface area contributed by atoms with Crippen molar-refractivity contribution in [3.8, 4) is 11.5 Å². The van der Waals surface area contributed by atoms with Crippen LogP contribution in [0.25, 0.3) is 0 Å². The predicted molar refractivity (Wildman–Crippen MR) is 159 cm³/mol. The normalized spacial score (nSPS) is 12.6. The largest absolute Gasteiger partial charge is 0.497 e. The van der Waals surface area contributed by atoms with E-state index >= 15 is 0 Å². The molecule has 0 radical (unpaired) electrons. The number of methoxy groups -OCH3 is 2. The van der Waals surface area contributed by atoms with Crippen molar-refractivity contribution in [2.75, 3.05) is 25.1 Å². The van der Waals surface area contributed by atoms with Gasteiger partial charge in [-0.3, -0.25) is 13.9 Å². The Labute approximate surface area is 243 Å². The molecule has 220 valence electrons. The molecule has 0 aliphatic heterocycles. The molecule has 0 saturated heterocycles. The Morgan fingerprint density at radius 3 is 2.10 bits per heavy atom. The maximum Gasteiger partial charge on any atom is 0.264 e. The van der Waals surface area contributed by atoms with E-state index in [0.717, 1.165) is 16.3 Å². The van der Waals surface area contributed by atoms with E-state index < -0.39 is 28.5 Å². The van der Waals surface area contributed by atoms with E-state index in [-0.39, 0.29) is 23.4 Å². The summed E-state index contributed by atoms with van der Waals surface area (Å²) >= 11 is 0. The van der Waals surface area contributed by atoms with Gasteiger partial charge in [0, 0.05) is 12.6 Å². The van der Waals surface area contributed by atoms with Gasteiger partial charge in [0.15, 0.2) is 0 Å². The van der Waals surface area contributed by atoms with Crippen LogP contribution in [0.4, 0.5) is 5.69 Å². The molecule has 0 bridgehead atoms. The number of sulfonamides is 1. The van der Waals surface area contributed by atoms with Crippen LogP contribution in [0.2, 0.25) is 0 Å². The van der Waals surface area contributed by atoms with Gasteiger partial charge in [-0.2, -0.15) is 0 Å². The summed E-state index contributed by atoms with van der Waals surface area (Å²) in [5, 5.41) is 2.97. The molecule has 0 unspecified atom stereocenters. The van der Waals surface area contributed by atoms with Crippen LogP contribution in [0.1, 0.15) is 39.2 Å². The van der Waals surface area contributed by atoms with E-state index in [1.54, 1.807) is 67.8 Å². The monoisotopic (exact) mass is 581 g/mol. The van der Waals surface area contributed by atoms with Crippen molar-refractivity contribution in [3.05, 3.63) is 84.4 Å². The van der Waals surface area contributed by atoms with Gasteiger partial charge in [-0.05, 0) is 73.9 Å². The molecule has 1 N–H and O–H groups in total. The van der Waals surface area contributed by atoms with Gasteiger partial charge in [-0.25, -0.2) is 8.42 Å². The molecule has 0 aromatic heterocycles. The predicted octanol–water partition coefficient (Wildman–Crippen LogP) is 4.62. The van der Waals surface area contributed by atoms with Gasteiger partial charge < -0.3 is 19.7 Å². The number of amides is 2. The molecule has 0 fully saturated rings. The van der Waals surface area contributed by atoms with E-state index in [1.807, 2.05) is 26.8 Å². The number of hydrogen-bond acceptors (Lipinski definition) is 6. The van der Waals surface area contributed by atoms with Crippen molar-refractivity contribution in [1.29, 1.82) is 0 Å². The summed E-state index contributed by atoms with van der Waals surface area (Å²) < 4.78 is 39.4. The first kappa shape index (κ1) is 31.5. The molecular formula is C31H39N3O6S. The van der Waals surface area contributed by atoms with Gasteiger partial charge in [-0.15, -0.1) is 0 Å². The van der Waals surface area contributed by atoms with Crippen LogP contribution in [-0.2, 0) is 26.2 Å². The highest BCUT2D eigenvalue weighted by Crippen LogP contribution is 2.26. The second-order valence-electron chi connectivity index (χ2n) is 9.64. The molecule has 0 spiro atoms. The Morgan fingerprint density at radius 1 is 0.854 bits per heavy atom. The minimum atomic E-state index is -4.16. The highest BCUT2D eigenvalue weighted by molar-refractivity contribution is 7.92. The zero-order chi connectivity index (χ0) is 30.0. The van der Waals surface area contributed by atoms with Crippen LogP contribution in [0, 0.1) is 0 Å². The highest BCUT2D eigenvalue weighted by Gasteiger charge is 2.34. The SMILES string of the molecule is CC[C@H](C)NC(=O)[C@H](CC)N(Cc1cccc(OC)c1)C(=O)CN(c1ccccc1)S(=O)(=O)c1ccc(OC)cc1. The van der Waals surface area contributed by atoms with Gasteiger partial charge >= 0.3 is 0 Å². The molecule has 3 aromatic rings. The zero-order valence-corrected chi connectivity index (χ0v) is 25.1. The number of ether oxygens (including phenoxy) is 2. The van der Waals surface area contributed by atoms with E-state index in [0.29, 0.717) is 23.6 Å². The first-order valence-corrected chi connectivity index (χ1v) is 15.0. The van der Waals surface area contributed by atoms with Crippen LogP contribution in [0.15, 0.2) is 83.8 Å². The minimum Gasteiger partial charge on any atom is -0.497 e. The minimum absolute atomic E-state index is 0.0100. The van der Waals surface area contributed by atoms with Gasteiger partial charge in [0.2, 0.25) is 11.8 Å². The topological polar surface area (TPSA) is 105 Å². The third-order valence-electron chi connectivity index (χ3n) is 6.84. The smallest absolute Gasteiger partial charge is 0.264 e. The number of nitrogens with zero attached hydrogens (tertiary/aromatic N) is 2. The average Bonchev–Trinajstić information content (AvgIpc) is 2.99. The van der Waals surface area contributed by atoms with Crippen molar-refractivity contribution < 1.29 is 27.5 Å². The summed E-state index contributed by atoms with van der Waals surface area (Å²) in [5.74, 6) is 0.316. The standard InChI is InChI=1S/C31H39N3O6S/c1-6-23(3)32-31(36)29(7-2)33(21-24-12-11-15-27(20-24)40-5)30(35)22-34(25-13-9-8-10-14-25)41(37,38)28-18-16-26(39-4)17-19-28/h8-20,23,29H,6-7,21-22H2,1-5H3,(H,32,36)/t23-,29-/m0/s1. The fourth-order valence-electron chi connectivity index (χ4n) is 4.33. The third kappa shape index (κ3) is 8.00. The third-order valence-corrected chi connectivity index (χ3v) is 8.63. The van der Waals surface area contributed by atoms with Crippen LogP contribution < -0.4 is 19.1 Å². The first-order valence-electron chi connectivity index (χ1n) is 13.6. The lowest BCUT2D eigenvalue weighted by Gasteiger charge is -2.33. The number of para-hydroxylation sites is 1. The molecule has 3 rings (SSSR count). The second kappa shape index (κ2) is 14.5. The van der Waals surface area contributed by atoms with Crippen molar-refractivity contribution in [1.82, 2.24) is 10.2 Å². The van der Waals surface area contributed by atoms with Crippen LogP contribution >= 0.6 is 0 Å². The Kier molecular flexibility index (Phi) is 11.2. The number of hydrogen-bond donors (Lipinski definition) is 1. The molecule has 2 amide bonds. The van der Waals surface area contributed by atoms with Crippen molar-refractivity contribution >= 4 is 27.5 Å². The van der Waals surface area contributed by atoms with Crippen molar-refractivity contribution in [2.24, 2.45) is 0 Å². The average molecular weight is 582 g/mol. The molecule has 9 nitrogen and oxygen atoms in total. The molecular weight excluding hydrogens is 542 g/mol. The Balaban J connectivity index is 2.04. The summed E-state index contributed by atoms with van der Waals surface area (Å²) in [6, 6.07) is 20.8. The lowest BCUT2D eigenvalue weighted by Crippen LogP contribution is -2.53. The molecule has 0 saturated carbocycles. The van der Waals surface area contributed by atoms with E-state index in [9.17, 15) is 18.0 Å². The zero-order valence-electron chi connectivity index (χ0n) is 24.2. The van der Waals surface area contributed by atoms with Gasteiger partial charge in [0.05, 0.1) is 24.8 Å². The van der Waals surface area contributed by atoms with Gasteiger partial charge in [0.1, 0.15) is 24.1 Å². The Bertz CT molecular complexity index is 1400. The van der Waals surface area contributed by atoms with Gasteiger partial charge in [0.25, 0.3) is 10.0 Å². The summed E-state index contributed by atoms with van der Waals surface area (Å²) in [5.41, 5.74) is 1.08. The maximum atomic E-state index is 14.1. The number of rotatable bonds is 14. The molecule has 0 aliphatic carbocycles. The van der Waals surface area contributed by atoms with Gasteiger partial charge in [-0.1, -0.05) is 44.2 Å². The number of anilines is 1. The Hall–Kier alpha value is -4.05. The molecule has 3 aromatic carbocycles. The van der Waals surface area contributed by atoms with Crippen LogP contribution in [0.3, 0.4) is 0 Å². The quantitative estimate of drug-likeness (QED) is 0.298. The molecule has 41 heavy (non-hydrogen) atoms. The fraction of sp³-hybridized carbons (Fsp3) is 0.355. The summed E-state index contributed by atoms with van der Waals surface area (Å²) in [7, 11) is -1.11. The van der Waals surface area contributed by atoms with Crippen molar-refractivity contribution in [3.63, 3.8) is 0 Å². The number of nitrogens with one attached hydrogen (secondary N) is 1. The molecule has 0 heterocycles. The lowest BCUT2D eigenvalue weighted by molar-refractivity contribution is -0.140. The second-order valence-corrected chi connectivity index (χ2v) is 11.5. The maximum absolute atomic E-state index is 14.1. The van der Waals surface area contributed by atoms with Crippen LogP contribution in [0.5, 0.6) is 11.5 Å². The van der Waals surface area contributed by atoms with E-state index in [4.69, 9.17) is 9.47 Å². The van der Waals surface area contributed by atoms with Crippen LogP contribution in [-0.4, -0.2) is 58.0 Å². The number of benzene rings is 3.